The number of rotatable bonds is 3. The van der Waals surface area contributed by atoms with Gasteiger partial charge in [0.05, 0.1) is 11.1 Å². The van der Waals surface area contributed by atoms with Crippen LogP contribution in [0, 0.1) is 0 Å². The Kier molecular flexibility index (Phi) is 4.33. The van der Waals surface area contributed by atoms with Crippen LogP contribution in [-0.4, -0.2) is 34.9 Å². The molecule has 4 nitrogen and oxygen atoms in total. The fourth-order valence-corrected chi connectivity index (χ4v) is 4.37. The van der Waals surface area contributed by atoms with Crippen LogP contribution >= 0.6 is 11.6 Å². The van der Waals surface area contributed by atoms with E-state index < -0.39 is 0 Å². The number of benzene rings is 2. The molecule has 5 rings (SSSR count). The Hall–Kier alpha value is -2.43. The molecule has 2 atom stereocenters. The van der Waals surface area contributed by atoms with Gasteiger partial charge in [-0.05, 0) is 42.7 Å². The molecule has 2 N–H and O–H groups in total. The molecule has 0 bridgehead atoms. The number of nitrogens with zero attached hydrogens (tertiary/aromatic N) is 2. The van der Waals surface area contributed by atoms with Crippen LogP contribution in [0.2, 0.25) is 5.02 Å². The van der Waals surface area contributed by atoms with Gasteiger partial charge in [0.1, 0.15) is 0 Å². The van der Waals surface area contributed by atoms with Crippen LogP contribution in [0.15, 0.2) is 54.6 Å². The molecule has 2 fully saturated rings. The molecule has 5 heteroatoms. The molecule has 0 unspecified atom stereocenters. The maximum absolute atomic E-state index is 13.5. The number of fused-ring (bicyclic) bond motifs is 1. The number of carbonyl (C=O) groups is 1. The molecule has 1 aliphatic carbocycles. The second kappa shape index (κ2) is 6.87. The van der Waals surface area contributed by atoms with Crippen LogP contribution in [0.4, 0.5) is 0 Å². The van der Waals surface area contributed by atoms with E-state index in [0.29, 0.717) is 29.6 Å². The molecule has 3 aromatic rings. The summed E-state index contributed by atoms with van der Waals surface area (Å²) in [7, 11) is 0. The highest BCUT2D eigenvalue weighted by molar-refractivity contribution is 6.31. The lowest BCUT2D eigenvalue weighted by molar-refractivity contribution is 0.0791. The zero-order chi connectivity index (χ0) is 19.3. The average Bonchev–Trinajstić information content (AvgIpc) is 3.49. The lowest BCUT2D eigenvalue weighted by atomic mass is 9.95. The number of hydrogen-bond acceptors (Lipinski definition) is 3. The van der Waals surface area contributed by atoms with Crippen molar-refractivity contribution in [3.05, 3.63) is 76.4 Å². The van der Waals surface area contributed by atoms with Crippen molar-refractivity contribution < 1.29 is 4.79 Å². The third-order valence-corrected chi connectivity index (χ3v) is 6.13. The minimum atomic E-state index is -0.0639. The molecule has 142 valence electrons. The van der Waals surface area contributed by atoms with Gasteiger partial charge in [0.2, 0.25) is 0 Å². The van der Waals surface area contributed by atoms with Crippen molar-refractivity contribution in [1.29, 1.82) is 0 Å². The molecule has 1 amide bonds. The number of hydrogen-bond donors (Lipinski definition) is 1. The standard InChI is InChI=1S/C23H22ClN3O/c24-16-8-9-21-17(10-16)18(11-22(26-21)15-6-7-15)23(28)27-12-19(20(25)13-27)14-4-2-1-3-5-14/h1-5,8-11,15,19-20H,6-7,12-13,25H2/t19-,20+/m0/s1. The first kappa shape index (κ1) is 17.7. The minimum absolute atomic E-state index is 0.0189. The molecule has 2 heterocycles. The maximum Gasteiger partial charge on any atom is 0.254 e. The number of likely N-dealkylation sites (tertiary alicyclic amines) is 1. The number of pyridine rings is 1. The second-order valence-corrected chi connectivity index (χ2v) is 8.36. The number of amides is 1. The maximum atomic E-state index is 13.5. The van der Waals surface area contributed by atoms with E-state index in [1.165, 1.54) is 5.56 Å². The van der Waals surface area contributed by atoms with E-state index in [1.807, 2.05) is 47.4 Å². The molecule has 1 aliphatic heterocycles. The van der Waals surface area contributed by atoms with Gasteiger partial charge in [-0.1, -0.05) is 41.9 Å². The average molecular weight is 392 g/mol. The Bertz CT molecular complexity index is 1050. The number of aromatic nitrogens is 1. The smallest absolute Gasteiger partial charge is 0.254 e. The first-order chi connectivity index (χ1) is 13.6. The number of carbonyl (C=O) groups excluding carboxylic acids is 1. The van der Waals surface area contributed by atoms with E-state index in [2.05, 4.69) is 12.1 Å². The predicted octanol–water partition coefficient (Wildman–Crippen LogP) is 4.33. The second-order valence-electron chi connectivity index (χ2n) is 7.92. The van der Waals surface area contributed by atoms with E-state index in [1.54, 1.807) is 0 Å². The van der Waals surface area contributed by atoms with Gasteiger partial charge in [-0.3, -0.25) is 9.78 Å². The van der Waals surface area contributed by atoms with Crippen molar-refractivity contribution in [3.8, 4) is 0 Å². The monoisotopic (exact) mass is 391 g/mol. The molecule has 2 aliphatic rings. The largest absolute Gasteiger partial charge is 0.336 e. The first-order valence-corrected chi connectivity index (χ1v) is 10.2. The fraction of sp³-hybridized carbons (Fsp3) is 0.304. The van der Waals surface area contributed by atoms with Gasteiger partial charge in [-0.15, -0.1) is 0 Å². The summed E-state index contributed by atoms with van der Waals surface area (Å²) in [6.45, 7) is 1.19. The van der Waals surface area contributed by atoms with Crippen molar-refractivity contribution in [1.82, 2.24) is 9.88 Å². The lowest BCUT2D eigenvalue weighted by Gasteiger charge is -2.18. The van der Waals surface area contributed by atoms with Crippen molar-refractivity contribution in [3.63, 3.8) is 0 Å². The van der Waals surface area contributed by atoms with Gasteiger partial charge in [-0.25, -0.2) is 0 Å². The van der Waals surface area contributed by atoms with Crippen LogP contribution in [-0.2, 0) is 0 Å². The van der Waals surface area contributed by atoms with Crippen LogP contribution in [0.5, 0.6) is 0 Å². The minimum Gasteiger partial charge on any atom is -0.336 e. The third kappa shape index (κ3) is 3.17. The summed E-state index contributed by atoms with van der Waals surface area (Å²) in [5.41, 5.74) is 10.1. The Labute approximate surface area is 169 Å². The number of halogens is 1. The molecule has 1 saturated heterocycles. The van der Waals surface area contributed by atoms with Crippen molar-refractivity contribution in [2.24, 2.45) is 5.73 Å². The van der Waals surface area contributed by atoms with Crippen LogP contribution in [0.1, 0.15) is 46.3 Å². The number of nitrogens with two attached hydrogens (primary N) is 1. The summed E-state index contributed by atoms with van der Waals surface area (Å²) in [6.07, 6.45) is 2.29. The van der Waals surface area contributed by atoms with Gasteiger partial charge in [0.25, 0.3) is 5.91 Å². The van der Waals surface area contributed by atoms with Gasteiger partial charge in [0.15, 0.2) is 0 Å². The van der Waals surface area contributed by atoms with Crippen molar-refractivity contribution in [2.45, 2.75) is 30.7 Å². The van der Waals surface area contributed by atoms with E-state index in [0.717, 1.165) is 29.4 Å². The summed E-state index contributed by atoms with van der Waals surface area (Å²) >= 11 is 6.22. The van der Waals surface area contributed by atoms with Crippen molar-refractivity contribution >= 4 is 28.4 Å². The fourth-order valence-electron chi connectivity index (χ4n) is 4.20. The Morgan fingerprint density at radius 2 is 1.86 bits per heavy atom. The zero-order valence-electron chi connectivity index (χ0n) is 15.5. The Morgan fingerprint density at radius 1 is 1.07 bits per heavy atom. The van der Waals surface area contributed by atoms with Gasteiger partial charge < -0.3 is 10.6 Å². The van der Waals surface area contributed by atoms with Crippen LogP contribution in [0.25, 0.3) is 10.9 Å². The van der Waals surface area contributed by atoms with Gasteiger partial charge in [0, 0.05) is 47.1 Å². The van der Waals surface area contributed by atoms with Gasteiger partial charge >= 0.3 is 0 Å². The summed E-state index contributed by atoms with van der Waals surface area (Å²) in [5, 5.41) is 1.43. The quantitative estimate of drug-likeness (QED) is 0.722. The van der Waals surface area contributed by atoms with Crippen molar-refractivity contribution in [2.75, 3.05) is 13.1 Å². The molecule has 1 saturated carbocycles. The molecular weight excluding hydrogens is 370 g/mol. The highest BCUT2D eigenvalue weighted by Gasteiger charge is 2.35. The zero-order valence-corrected chi connectivity index (χ0v) is 16.3. The van der Waals surface area contributed by atoms with Gasteiger partial charge in [-0.2, -0.15) is 0 Å². The first-order valence-electron chi connectivity index (χ1n) is 9.80. The summed E-state index contributed by atoms with van der Waals surface area (Å²) in [5.74, 6) is 0.653. The highest BCUT2D eigenvalue weighted by Crippen LogP contribution is 2.40. The summed E-state index contributed by atoms with van der Waals surface area (Å²) in [4.78, 5) is 20.1. The molecule has 0 spiro atoms. The third-order valence-electron chi connectivity index (χ3n) is 5.90. The van der Waals surface area contributed by atoms with Crippen LogP contribution in [0.3, 0.4) is 0 Å². The lowest BCUT2D eigenvalue weighted by Crippen LogP contribution is -2.32. The Morgan fingerprint density at radius 3 is 2.61 bits per heavy atom. The molecule has 28 heavy (non-hydrogen) atoms. The molecule has 0 radical (unpaired) electrons. The van der Waals surface area contributed by atoms with E-state index >= 15 is 0 Å². The normalized spacial score (nSPS) is 22.0. The van der Waals surface area contributed by atoms with E-state index in [4.69, 9.17) is 22.3 Å². The topological polar surface area (TPSA) is 59.2 Å². The SMILES string of the molecule is N[C@@H]1CN(C(=O)c2cc(C3CC3)nc3ccc(Cl)cc23)C[C@H]1c1ccccc1. The predicted molar refractivity (Wildman–Crippen MR) is 112 cm³/mol. The Balaban J connectivity index is 1.51. The molecule has 2 aromatic carbocycles. The summed E-state index contributed by atoms with van der Waals surface area (Å²) < 4.78 is 0. The summed E-state index contributed by atoms with van der Waals surface area (Å²) in [6, 6.07) is 17.7. The molecular formula is C23H22ClN3O. The molecule has 1 aromatic heterocycles. The van der Waals surface area contributed by atoms with E-state index in [9.17, 15) is 4.79 Å². The highest BCUT2D eigenvalue weighted by atomic mass is 35.5. The van der Waals surface area contributed by atoms with Crippen LogP contribution < -0.4 is 5.73 Å². The van der Waals surface area contributed by atoms with E-state index in [-0.39, 0.29) is 17.9 Å².